The molecular weight excluding hydrogens is 392 g/mol. The minimum absolute atomic E-state index is 0.0116. The summed E-state index contributed by atoms with van der Waals surface area (Å²) in [5.74, 6) is 0. The van der Waals surface area contributed by atoms with Crippen molar-refractivity contribution in [2.24, 2.45) is 0 Å². The van der Waals surface area contributed by atoms with Crippen molar-refractivity contribution in [2.75, 3.05) is 20.3 Å². The van der Waals surface area contributed by atoms with Crippen molar-refractivity contribution in [3.05, 3.63) is 82.9 Å². The Kier molecular flexibility index (Phi) is 5.88. The van der Waals surface area contributed by atoms with Gasteiger partial charge in [0, 0.05) is 36.9 Å². The van der Waals surface area contributed by atoms with Crippen LogP contribution in [0.4, 0.5) is 0 Å². The highest BCUT2D eigenvalue weighted by Gasteiger charge is 2.41. The first-order chi connectivity index (χ1) is 14.5. The Morgan fingerprint density at radius 2 is 1.87 bits per heavy atom. The van der Waals surface area contributed by atoms with Crippen molar-refractivity contribution in [2.45, 2.75) is 32.9 Å². The van der Waals surface area contributed by atoms with Crippen LogP contribution in [0.25, 0.3) is 5.69 Å². The molecule has 0 spiro atoms. The zero-order valence-electron chi connectivity index (χ0n) is 17.9. The van der Waals surface area contributed by atoms with Gasteiger partial charge in [0.15, 0.2) is 5.11 Å². The first kappa shape index (κ1) is 20.6. The zero-order chi connectivity index (χ0) is 21.3. The van der Waals surface area contributed by atoms with Gasteiger partial charge in [0.2, 0.25) is 0 Å². The smallest absolute Gasteiger partial charge is 0.170 e. The van der Waals surface area contributed by atoms with Crippen LogP contribution in [0, 0.1) is 20.8 Å². The predicted octanol–water partition coefficient (Wildman–Crippen LogP) is 4.42. The number of hydrogen-bond donors (Lipinski definition) is 1. The van der Waals surface area contributed by atoms with Gasteiger partial charge in [-0.05, 0) is 68.9 Å². The second-order valence-electron chi connectivity index (χ2n) is 7.81. The van der Waals surface area contributed by atoms with Gasteiger partial charge < -0.3 is 19.5 Å². The maximum absolute atomic E-state index is 5.72. The van der Waals surface area contributed by atoms with E-state index in [-0.39, 0.29) is 12.1 Å². The summed E-state index contributed by atoms with van der Waals surface area (Å²) >= 11 is 5.72. The minimum atomic E-state index is -0.0116. The molecule has 0 aliphatic carbocycles. The molecule has 156 valence electrons. The molecule has 0 radical (unpaired) electrons. The Labute approximate surface area is 183 Å². The standard InChI is InChI=1S/C24H28N4OS/c1-16-8-10-19(11-9-16)28-17(2)15-20(18(28)3)23-22(21-7-5-6-12-25-21)26-24(30)27(23)13-14-29-4/h5-12,15,22-23H,13-14H2,1-4H3,(H,26,30)/t22-,23-/m1/s1. The summed E-state index contributed by atoms with van der Waals surface area (Å²) < 4.78 is 7.69. The predicted molar refractivity (Wildman–Crippen MR) is 124 cm³/mol. The first-order valence-electron chi connectivity index (χ1n) is 10.2. The molecular formula is C24H28N4OS. The van der Waals surface area contributed by atoms with Crippen LogP contribution in [0.15, 0.2) is 54.7 Å². The fourth-order valence-electron chi connectivity index (χ4n) is 4.35. The SMILES string of the molecule is COCCN1C(=S)N[C@H](c2ccccn2)[C@H]1c1cc(C)n(-c2ccc(C)cc2)c1C. The van der Waals surface area contributed by atoms with Crippen LogP contribution < -0.4 is 5.32 Å². The van der Waals surface area contributed by atoms with E-state index in [1.54, 1.807) is 7.11 Å². The number of rotatable bonds is 6. The lowest BCUT2D eigenvalue weighted by atomic mass is 9.97. The third-order valence-electron chi connectivity index (χ3n) is 5.82. The summed E-state index contributed by atoms with van der Waals surface area (Å²) in [7, 11) is 1.72. The summed E-state index contributed by atoms with van der Waals surface area (Å²) in [5.41, 5.74) is 7.10. The quantitative estimate of drug-likeness (QED) is 0.598. The summed E-state index contributed by atoms with van der Waals surface area (Å²) in [6.45, 7) is 7.80. The number of nitrogens with one attached hydrogen (secondary N) is 1. The van der Waals surface area contributed by atoms with E-state index in [0.717, 1.165) is 17.4 Å². The molecule has 0 bridgehead atoms. The van der Waals surface area contributed by atoms with E-state index in [2.05, 4.69) is 76.9 Å². The van der Waals surface area contributed by atoms with Gasteiger partial charge in [-0.1, -0.05) is 23.8 Å². The highest BCUT2D eigenvalue weighted by molar-refractivity contribution is 7.80. The summed E-state index contributed by atoms with van der Waals surface area (Å²) in [6.07, 6.45) is 1.84. The molecule has 0 amide bonds. The fraction of sp³-hybridized carbons (Fsp3) is 0.333. The highest BCUT2D eigenvalue weighted by Crippen LogP contribution is 2.41. The van der Waals surface area contributed by atoms with Crippen LogP contribution in [0.3, 0.4) is 0 Å². The van der Waals surface area contributed by atoms with E-state index in [1.165, 1.54) is 28.2 Å². The average molecular weight is 421 g/mol. The number of hydrogen-bond acceptors (Lipinski definition) is 3. The second-order valence-corrected chi connectivity index (χ2v) is 8.20. The number of benzene rings is 1. The van der Waals surface area contributed by atoms with Gasteiger partial charge >= 0.3 is 0 Å². The van der Waals surface area contributed by atoms with E-state index in [9.17, 15) is 0 Å². The number of pyridine rings is 1. The summed E-state index contributed by atoms with van der Waals surface area (Å²) in [5, 5.41) is 4.25. The lowest BCUT2D eigenvalue weighted by Crippen LogP contribution is -2.32. The van der Waals surface area contributed by atoms with Gasteiger partial charge in [0.05, 0.1) is 24.4 Å². The lowest BCUT2D eigenvalue weighted by Gasteiger charge is -2.28. The van der Waals surface area contributed by atoms with Crippen LogP contribution in [-0.4, -0.2) is 39.8 Å². The zero-order valence-corrected chi connectivity index (χ0v) is 18.7. The molecule has 1 aromatic carbocycles. The molecule has 3 aromatic rings. The third kappa shape index (κ3) is 3.73. The van der Waals surface area contributed by atoms with Crippen LogP contribution in [0.1, 0.15) is 40.3 Å². The van der Waals surface area contributed by atoms with Crippen LogP contribution in [0.2, 0.25) is 0 Å². The Morgan fingerprint density at radius 1 is 1.10 bits per heavy atom. The molecule has 1 fully saturated rings. The van der Waals surface area contributed by atoms with Crippen molar-refractivity contribution >= 4 is 17.3 Å². The fourth-order valence-corrected chi connectivity index (χ4v) is 4.68. The Morgan fingerprint density at radius 3 is 2.53 bits per heavy atom. The molecule has 0 saturated carbocycles. The molecule has 3 heterocycles. The Bertz CT molecular complexity index is 1030. The minimum Gasteiger partial charge on any atom is -0.383 e. The van der Waals surface area contributed by atoms with E-state index in [4.69, 9.17) is 17.0 Å². The number of aromatic nitrogens is 2. The molecule has 1 N–H and O–H groups in total. The van der Waals surface area contributed by atoms with Crippen molar-refractivity contribution in [3.8, 4) is 5.69 Å². The van der Waals surface area contributed by atoms with Gasteiger partial charge in [-0.25, -0.2) is 0 Å². The van der Waals surface area contributed by atoms with Crippen molar-refractivity contribution in [3.63, 3.8) is 0 Å². The van der Waals surface area contributed by atoms with Gasteiger partial charge in [0.1, 0.15) is 0 Å². The number of thiocarbonyl (C=S) groups is 1. The average Bonchev–Trinajstić information content (AvgIpc) is 3.23. The van der Waals surface area contributed by atoms with Gasteiger partial charge in [0.25, 0.3) is 0 Å². The van der Waals surface area contributed by atoms with Crippen LogP contribution in [0.5, 0.6) is 0 Å². The molecule has 5 nitrogen and oxygen atoms in total. The second kappa shape index (κ2) is 8.58. The molecule has 4 rings (SSSR count). The molecule has 1 saturated heterocycles. The maximum Gasteiger partial charge on any atom is 0.170 e. The highest BCUT2D eigenvalue weighted by atomic mass is 32.1. The number of nitrogens with zero attached hydrogens (tertiary/aromatic N) is 3. The number of aryl methyl sites for hydroxylation is 2. The molecule has 30 heavy (non-hydrogen) atoms. The molecule has 2 aromatic heterocycles. The van der Waals surface area contributed by atoms with E-state index >= 15 is 0 Å². The van der Waals surface area contributed by atoms with E-state index < -0.39 is 0 Å². The lowest BCUT2D eigenvalue weighted by molar-refractivity contribution is 0.164. The van der Waals surface area contributed by atoms with Crippen molar-refractivity contribution in [1.29, 1.82) is 0 Å². The Balaban J connectivity index is 1.81. The monoisotopic (exact) mass is 420 g/mol. The topological polar surface area (TPSA) is 42.3 Å². The van der Waals surface area contributed by atoms with Crippen molar-refractivity contribution in [1.82, 2.24) is 19.8 Å². The summed E-state index contributed by atoms with van der Waals surface area (Å²) in [6, 6.07) is 17.0. The number of methoxy groups -OCH3 is 1. The van der Waals surface area contributed by atoms with Crippen LogP contribution >= 0.6 is 12.2 Å². The van der Waals surface area contributed by atoms with E-state index in [0.29, 0.717) is 6.61 Å². The Hall–Kier alpha value is -2.70. The van der Waals surface area contributed by atoms with Crippen molar-refractivity contribution < 1.29 is 4.74 Å². The third-order valence-corrected chi connectivity index (χ3v) is 6.17. The van der Waals surface area contributed by atoms with Gasteiger partial charge in [-0.2, -0.15) is 0 Å². The number of ether oxygens (including phenoxy) is 1. The molecule has 2 atom stereocenters. The van der Waals surface area contributed by atoms with Gasteiger partial charge in [-0.3, -0.25) is 4.98 Å². The molecule has 1 aliphatic rings. The molecule has 6 heteroatoms. The normalized spacial score (nSPS) is 18.7. The maximum atomic E-state index is 5.72. The molecule has 0 unspecified atom stereocenters. The van der Waals surface area contributed by atoms with Gasteiger partial charge in [-0.15, -0.1) is 0 Å². The van der Waals surface area contributed by atoms with E-state index in [1.807, 2.05) is 18.3 Å². The molecule has 1 aliphatic heterocycles. The first-order valence-corrected chi connectivity index (χ1v) is 10.6. The summed E-state index contributed by atoms with van der Waals surface area (Å²) in [4.78, 5) is 6.86. The largest absolute Gasteiger partial charge is 0.383 e. The van der Waals surface area contributed by atoms with Crippen LogP contribution in [-0.2, 0) is 4.74 Å².